The van der Waals surface area contributed by atoms with Gasteiger partial charge in [0.05, 0.1) is 6.61 Å². The first-order valence-electron chi connectivity index (χ1n) is 6.53. The molecule has 0 rings (SSSR count). The first kappa shape index (κ1) is 26.3. The minimum Gasteiger partial charge on any atom is -0.460 e. The van der Waals surface area contributed by atoms with Crippen molar-refractivity contribution in [3.63, 3.8) is 0 Å². The van der Waals surface area contributed by atoms with Crippen LogP contribution in [-0.4, -0.2) is 60.2 Å². The second kappa shape index (κ2) is 7.61. The molecule has 1 N–H and O–H groups in total. The number of hydrogen-bond donors (Lipinski definition) is 1. The topological polar surface area (TPSA) is 55.8 Å². The van der Waals surface area contributed by atoms with E-state index in [1.807, 2.05) is 0 Å². The van der Waals surface area contributed by atoms with E-state index in [1.165, 1.54) is 0 Å². The number of halogens is 12. The van der Waals surface area contributed by atoms with Crippen LogP contribution in [0.3, 0.4) is 0 Å². The average Bonchev–Trinajstić information content (AvgIpc) is 2.40. The molecule has 28 heavy (non-hydrogen) atoms. The van der Waals surface area contributed by atoms with E-state index in [1.54, 1.807) is 0 Å². The third kappa shape index (κ3) is 4.31. The molecule has 16 heteroatoms. The van der Waals surface area contributed by atoms with Crippen molar-refractivity contribution in [1.29, 1.82) is 0 Å². The third-order valence-electron chi connectivity index (χ3n) is 3.11. The van der Waals surface area contributed by atoms with Gasteiger partial charge in [-0.1, -0.05) is 6.58 Å². The van der Waals surface area contributed by atoms with Crippen LogP contribution in [0.2, 0.25) is 0 Å². The Bertz CT molecular complexity index is 555. The Kier molecular flexibility index (Phi) is 7.14. The van der Waals surface area contributed by atoms with Gasteiger partial charge < -0.3 is 14.6 Å². The van der Waals surface area contributed by atoms with E-state index in [0.717, 1.165) is 6.92 Å². The van der Waals surface area contributed by atoms with Crippen molar-refractivity contribution in [3.05, 3.63) is 12.2 Å². The van der Waals surface area contributed by atoms with Crippen LogP contribution < -0.4 is 0 Å². The van der Waals surface area contributed by atoms with Crippen molar-refractivity contribution in [2.24, 2.45) is 0 Å². The van der Waals surface area contributed by atoms with Crippen molar-refractivity contribution < 1.29 is 72.1 Å². The summed E-state index contributed by atoms with van der Waals surface area (Å²) in [6, 6.07) is 0. The molecule has 0 saturated heterocycles. The summed E-state index contributed by atoms with van der Waals surface area (Å²) in [6.07, 6.45) is -30.0. The molecule has 0 atom stereocenters. The van der Waals surface area contributed by atoms with Gasteiger partial charge in [-0.25, -0.2) is 4.79 Å². The van der Waals surface area contributed by atoms with Gasteiger partial charge in [0.15, 0.2) is 0 Å². The fraction of sp³-hybridized carbons (Fsp3) is 0.750. The lowest BCUT2D eigenvalue weighted by Crippen LogP contribution is -2.81. The molecule has 0 spiro atoms. The quantitative estimate of drug-likeness (QED) is 0.292. The largest absolute Gasteiger partial charge is 0.460 e. The van der Waals surface area contributed by atoms with Crippen molar-refractivity contribution in [2.45, 2.75) is 42.8 Å². The van der Waals surface area contributed by atoms with Gasteiger partial charge in [-0.2, -0.15) is 52.7 Å². The molecule has 0 aliphatic heterocycles. The predicted octanol–water partition coefficient (Wildman–Crippen LogP) is 3.84. The van der Waals surface area contributed by atoms with Gasteiger partial charge in [-0.3, -0.25) is 0 Å². The highest BCUT2D eigenvalue weighted by molar-refractivity contribution is 5.86. The summed E-state index contributed by atoms with van der Waals surface area (Å²) < 4.78 is 162. The minimum absolute atomic E-state index is 0.444. The average molecular weight is 446 g/mol. The molecule has 0 bridgehead atoms. The predicted molar refractivity (Wildman–Crippen MR) is 63.6 cm³/mol. The highest BCUT2D eigenvalue weighted by atomic mass is 19.4. The van der Waals surface area contributed by atoms with Gasteiger partial charge in [0, 0.05) is 5.57 Å². The van der Waals surface area contributed by atoms with Crippen LogP contribution in [0.1, 0.15) is 6.92 Å². The maximum atomic E-state index is 13.0. The normalized spacial score (nSPS) is 14.8. The van der Waals surface area contributed by atoms with Gasteiger partial charge in [-0.15, -0.1) is 0 Å². The lowest BCUT2D eigenvalue weighted by molar-refractivity contribution is -0.503. The SMILES string of the molecule is C=C(C)C(=O)OCCOC(C(F)(F)F)(C(F)(F)F)C(O)(C(F)(F)F)C(F)(F)F. The van der Waals surface area contributed by atoms with E-state index in [0.29, 0.717) is 0 Å². The van der Waals surface area contributed by atoms with Gasteiger partial charge >= 0.3 is 41.9 Å². The number of esters is 1. The lowest BCUT2D eigenvalue weighted by Gasteiger charge is -2.48. The zero-order valence-corrected chi connectivity index (χ0v) is 13.3. The molecule has 0 aromatic heterocycles. The Hall–Kier alpha value is -1.71. The Balaban J connectivity index is 6.50. The number of hydrogen-bond acceptors (Lipinski definition) is 4. The molecule has 166 valence electrons. The summed E-state index contributed by atoms with van der Waals surface area (Å²) in [4.78, 5) is 10.9. The number of ether oxygens (including phenoxy) is 2. The van der Waals surface area contributed by atoms with Crippen molar-refractivity contribution in [2.75, 3.05) is 13.2 Å². The summed E-state index contributed by atoms with van der Waals surface area (Å²) in [5.74, 6) is -1.44. The van der Waals surface area contributed by atoms with E-state index >= 15 is 0 Å². The zero-order chi connectivity index (χ0) is 23.0. The summed E-state index contributed by atoms with van der Waals surface area (Å²) in [6.45, 7) is 0.0521. The molecule has 4 nitrogen and oxygen atoms in total. The molecule has 0 aliphatic carbocycles. The summed E-state index contributed by atoms with van der Waals surface area (Å²) in [5, 5.41) is 8.83. The fourth-order valence-corrected chi connectivity index (χ4v) is 1.85. The smallest absolute Gasteiger partial charge is 0.430 e. The van der Waals surface area contributed by atoms with Crippen LogP contribution in [0.15, 0.2) is 12.2 Å². The van der Waals surface area contributed by atoms with Gasteiger partial charge in [0.2, 0.25) is 0 Å². The summed E-state index contributed by atoms with van der Waals surface area (Å²) >= 11 is 0. The first-order valence-corrected chi connectivity index (χ1v) is 6.53. The van der Waals surface area contributed by atoms with Crippen molar-refractivity contribution in [1.82, 2.24) is 0 Å². The maximum absolute atomic E-state index is 13.0. The van der Waals surface area contributed by atoms with Crippen LogP contribution in [0, 0.1) is 0 Å². The highest BCUT2D eigenvalue weighted by Gasteiger charge is 2.94. The third-order valence-corrected chi connectivity index (χ3v) is 3.11. The van der Waals surface area contributed by atoms with E-state index in [-0.39, 0.29) is 0 Å². The molecule has 0 radical (unpaired) electrons. The Morgan fingerprint density at radius 3 is 1.39 bits per heavy atom. The monoisotopic (exact) mass is 446 g/mol. The van der Waals surface area contributed by atoms with E-state index in [9.17, 15) is 57.5 Å². The van der Waals surface area contributed by atoms with Crippen molar-refractivity contribution in [3.8, 4) is 0 Å². The Morgan fingerprint density at radius 1 is 0.786 bits per heavy atom. The molecule has 0 unspecified atom stereocenters. The summed E-state index contributed by atoms with van der Waals surface area (Å²) in [7, 11) is 0. The van der Waals surface area contributed by atoms with E-state index < -0.39 is 60.7 Å². The molecular formula is C12H10F12O4. The highest BCUT2D eigenvalue weighted by Crippen LogP contribution is 2.61. The molecular weight excluding hydrogens is 436 g/mol. The second-order valence-electron chi connectivity index (χ2n) is 5.15. The summed E-state index contributed by atoms with van der Waals surface area (Å²) in [5.41, 5.74) is -15.1. The van der Waals surface area contributed by atoms with E-state index in [2.05, 4.69) is 16.1 Å². The fourth-order valence-electron chi connectivity index (χ4n) is 1.85. The molecule has 0 aromatic carbocycles. The molecule has 0 fully saturated rings. The Morgan fingerprint density at radius 2 is 1.14 bits per heavy atom. The van der Waals surface area contributed by atoms with Gasteiger partial charge in [0.25, 0.3) is 0 Å². The van der Waals surface area contributed by atoms with Crippen LogP contribution in [0.4, 0.5) is 52.7 Å². The number of aliphatic hydroxyl groups is 1. The first-order chi connectivity index (χ1) is 12.1. The zero-order valence-electron chi connectivity index (χ0n) is 13.3. The van der Waals surface area contributed by atoms with E-state index in [4.69, 9.17) is 5.11 Å². The molecule has 0 aromatic rings. The Labute approximate surface area is 147 Å². The minimum atomic E-state index is -7.54. The van der Waals surface area contributed by atoms with Crippen molar-refractivity contribution >= 4 is 5.97 Å². The van der Waals surface area contributed by atoms with Crippen LogP contribution in [0.5, 0.6) is 0 Å². The molecule has 0 amide bonds. The molecule has 0 saturated carbocycles. The molecule has 0 heterocycles. The lowest BCUT2D eigenvalue weighted by atomic mass is 9.79. The number of carbonyl (C=O) groups excluding carboxylic acids is 1. The van der Waals surface area contributed by atoms with Gasteiger partial charge in [-0.05, 0) is 6.92 Å². The van der Waals surface area contributed by atoms with Gasteiger partial charge in [0.1, 0.15) is 6.61 Å². The maximum Gasteiger partial charge on any atom is 0.430 e. The van der Waals surface area contributed by atoms with Crippen LogP contribution >= 0.6 is 0 Å². The van der Waals surface area contributed by atoms with Crippen LogP contribution in [0.25, 0.3) is 0 Å². The standard InChI is InChI=1S/C12H10F12O4/c1-5(2)6(25)27-3-4-28-8(11(19,20)21,12(22,23)24)7(26,9(13,14)15)10(16,17)18/h26H,1,3-4H2,2H3. The number of carbonyl (C=O) groups is 1. The second-order valence-corrected chi connectivity index (χ2v) is 5.15. The number of alkyl halides is 12. The van der Waals surface area contributed by atoms with Crippen LogP contribution in [-0.2, 0) is 14.3 Å². The molecule has 0 aliphatic rings. The number of rotatable bonds is 6.